The van der Waals surface area contributed by atoms with Gasteiger partial charge in [0.2, 0.25) is 11.8 Å². The van der Waals surface area contributed by atoms with Crippen molar-refractivity contribution in [3.8, 4) is 16.9 Å². The number of hydrogen-bond acceptors (Lipinski definition) is 5. The zero-order valence-electron chi connectivity index (χ0n) is 25.5. The summed E-state index contributed by atoms with van der Waals surface area (Å²) in [6.45, 7) is 4.83. The normalized spacial score (nSPS) is 18.3. The Balaban J connectivity index is 1.34. The van der Waals surface area contributed by atoms with E-state index in [0.29, 0.717) is 13.1 Å². The molecule has 0 unspecified atom stereocenters. The Bertz CT molecular complexity index is 1700. The third-order valence-corrected chi connectivity index (χ3v) is 8.44. The number of phenols is 1. The fourth-order valence-electron chi connectivity index (χ4n) is 6.25. The number of nitrogens with one attached hydrogen (secondary N) is 1. The number of carbonyl (C=O) groups excluding carboxylic acids is 3. The molecule has 2 aliphatic heterocycles. The van der Waals surface area contributed by atoms with Crippen LogP contribution in [0.25, 0.3) is 11.1 Å². The minimum absolute atomic E-state index is 0.0697. The number of fused-ring (bicyclic) bond motifs is 1. The average molecular weight is 616 g/mol. The van der Waals surface area contributed by atoms with Crippen LogP contribution in [0.5, 0.6) is 5.75 Å². The van der Waals surface area contributed by atoms with Crippen molar-refractivity contribution in [2.45, 2.75) is 31.7 Å². The average Bonchev–Trinajstić information content (AvgIpc) is 3.07. The molecular weight excluding hydrogens is 578 g/mol. The molecule has 4 aromatic rings. The van der Waals surface area contributed by atoms with E-state index < -0.39 is 12.2 Å². The summed E-state index contributed by atoms with van der Waals surface area (Å²) in [6, 6.07) is 33.2. The lowest BCUT2D eigenvalue weighted by atomic mass is 9.97. The molecule has 0 aliphatic carbocycles. The Morgan fingerprint density at radius 2 is 1.52 bits per heavy atom. The number of carbonyl (C=O) groups is 3. The molecule has 2 saturated heterocycles. The zero-order valence-corrected chi connectivity index (χ0v) is 25.5. The largest absolute Gasteiger partial charge is 0.508 e. The van der Waals surface area contributed by atoms with E-state index in [-0.39, 0.29) is 49.7 Å². The minimum Gasteiger partial charge on any atom is -0.508 e. The van der Waals surface area contributed by atoms with Crippen LogP contribution >= 0.6 is 0 Å². The van der Waals surface area contributed by atoms with Crippen molar-refractivity contribution in [2.75, 3.05) is 19.6 Å². The molecule has 9 heteroatoms. The lowest BCUT2D eigenvalue weighted by molar-refractivity contribution is -0.189. The minimum atomic E-state index is -0.844. The van der Waals surface area contributed by atoms with Crippen molar-refractivity contribution in [3.63, 3.8) is 0 Å². The van der Waals surface area contributed by atoms with Gasteiger partial charge in [0, 0.05) is 26.1 Å². The van der Waals surface area contributed by atoms with Crippen molar-refractivity contribution < 1.29 is 19.5 Å². The van der Waals surface area contributed by atoms with Gasteiger partial charge in [0.15, 0.2) is 0 Å². The van der Waals surface area contributed by atoms with Gasteiger partial charge in [-0.2, -0.15) is 0 Å². The fraction of sp³-hybridized carbons (Fsp3) is 0.216. The number of hydrogen-bond donors (Lipinski definition) is 2. The maximum Gasteiger partial charge on any atom is 0.334 e. The van der Waals surface area contributed by atoms with E-state index in [9.17, 15) is 19.5 Å². The second kappa shape index (κ2) is 13.7. The zero-order chi connectivity index (χ0) is 32.0. The number of aromatic hydroxyl groups is 1. The lowest BCUT2D eigenvalue weighted by Crippen LogP contribution is -2.76. The topological polar surface area (TPSA) is 96.4 Å². The van der Waals surface area contributed by atoms with Crippen LogP contribution in [0, 0.1) is 0 Å². The number of benzene rings is 4. The van der Waals surface area contributed by atoms with Gasteiger partial charge < -0.3 is 20.2 Å². The fourth-order valence-corrected chi connectivity index (χ4v) is 6.25. The highest BCUT2D eigenvalue weighted by molar-refractivity contribution is 5.91. The van der Waals surface area contributed by atoms with E-state index in [0.717, 1.165) is 27.8 Å². The van der Waals surface area contributed by atoms with Gasteiger partial charge in [-0.25, -0.2) is 14.8 Å². The van der Waals surface area contributed by atoms with Gasteiger partial charge in [0.1, 0.15) is 18.0 Å². The molecule has 9 nitrogen and oxygen atoms in total. The van der Waals surface area contributed by atoms with E-state index in [4.69, 9.17) is 0 Å². The molecule has 6 rings (SSSR count). The molecule has 4 amide bonds. The van der Waals surface area contributed by atoms with Gasteiger partial charge in [0.05, 0.1) is 13.1 Å². The summed E-state index contributed by atoms with van der Waals surface area (Å²) in [5, 5.41) is 16.1. The molecule has 2 heterocycles. The van der Waals surface area contributed by atoms with Crippen LogP contribution in [-0.4, -0.2) is 74.6 Å². The van der Waals surface area contributed by atoms with Crippen molar-refractivity contribution >= 4 is 17.8 Å². The van der Waals surface area contributed by atoms with E-state index in [1.54, 1.807) is 50.2 Å². The molecule has 2 N–H and O–H groups in total. The summed E-state index contributed by atoms with van der Waals surface area (Å²) in [6.07, 6.45) is 1.16. The number of rotatable bonds is 9. The summed E-state index contributed by atoms with van der Waals surface area (Å²) in [4.78, 5) is 45.4. The summed E-state index contributed by atoms with van der Waals surface area (Å²) in [5.41, 5.74) is 4.79. The molecule has 234 valence electrons. The van der Waals surface area contributed by atoms with Crippen LogP contribution in [0.2, 0.25) is 0 Å². The summed E-state index contributed by atoms with van der Waals surface area (Å²) >= 11 is 0. The Hall–Kier alpha value is -5.41. The third-order valence-electron chi connectivity index (χ3n) is 8.44. The summed E-state index contributed by atoms with van der Waals surface area (Å²) in [5.74, 6) is -0.307. The van der Waals surface area contributed by atoms with Crippen LogP contribution in [-0.2, 0) is 29.1 Å². The van der Waals surface area contributed by atoms with Gasteiger partial charge in [-0.3, -0.25) is 9.59 Å². The maximum atomic E-state index is 14.3. The van der Waals surface area contributed by atoms with Gasteiger partial charge >= 0.3 is 6.03 Å². The highest BCUT2D eigenvalue weighted by atomic mass is 16.3. The van der Waals surface area contributed by atoms with Gasteiger partial charge in [0.25, 0.3) is 0 Å². The highest BCUT2D eigenvalue weighted by Crippen LogP contribution is 2.30. The molecule has 46 heavy (non-hydrogen) atoms. The second-order valence-electron chi connectivity index (χ2n) is 11.6. The molecule has 2 aliphatic rings. The Morgan fingerprint density at radius 3 is 2.24 bits per heavy atom. The van der Waals surface area contributed by atoms with E-state index in [1.807, 2.05) is 78.9 Å². The van der Waals surface area contributed by atoms with Gasteiger partial charge in [-0.1, -0.05) is 97.1 Å². The van der Waals surface area contributed by atoms with Crippen LogP contribution in [0.3, 0.4) is 0 Å². The van der Waals surface area contributed by atoms with Crippen LogP contribution < -0.4 is 5.32 Å². The molecule has 0 radical (unpaired) electrons. The first-order valence-electron chi connectivity index (χ1n) is 15.4. The third kappa shape index (κ3) is 6.64. The molecule has 0 spiro atoms. The number of urea groups is 1. The van der Waals surface area contributed by atoms with Crippen LogP contribution in [0.4, 0.5) is 4.79 Å². The lowest BCUT2D eigenvalue weighted by Gasteiger charge is -2.55. The molecule has 0 aromatic heterocycles. The molecular formula is C37H37N5O4. The summed E-state index contributed by atoms with van der Waals surface area (Å²) in [7, 11) is 0. The van der Waals surface area contributed by atoms with E-state index in [1.165, 1.54) is 0 Å². The second-order valence-corrected chi connectivity index (χ2v) is 11.6. The Labute approximate surface area is 268 Å². The van der Waals surface area contributed by atoms with E-state index in [2.05, 4.69) is 18.0 Å². The number of hydrazine groups is 1. The first-order chi connectivity index (χ1) is 22.4. The van der Waals surface area contributed by atoms with Crippen molar-refractivity contribution in [3.05, 3.63) is 139 Å². The monoisotopic (exact) mass is 615 g/mol. The SMILES string of the molecule is C=CCN1CC(=O)N2[C@@H](Cc3ccc(O)cc3)C(=O)N(Cc3cccc(-c4ccccc4)c3)C[C@@H]2N1C(=O)NCc1ccccc1. The van der Waals surface area contributed by atoms with Gasteiger partial charge in [-0.05, 0) is 46.0 Å². The van der Waals surface area contributed by atoms with Crippen molar-refractivity contribution in [1.82, 2.24) is 25.1 Å². The maximum absolute atomic E-state index is 14.3. The predicted molar refractivity (Wildman–Crippen MR) is 176 cm³/mol. The van der Waals surface area contributed by atoms with E-state index >= 15 is 0 Å². The number of nitrogens with zero attached hydrogens (tertiary/aromatic N) is 4. The smallest absolute Gasteiger partial charge is 0.334 e. The van der Waals surface area contributed by atoms with Crippen molar-refractivity contribution in [1.29, 1.82) is 0 Å². The first-order valence-corrected chi connectivity index (χ1v) is 15.4. The van der Waals surface area contributed by atoms with Crippen LogP contribution in [0.1, 0.15) is 16.7 Å². The highest BCUT2D eigenvalue weighted by Gasteiger charge is 2.51. The van der Waals surface area contributed by atoms with Crippen molar-refractivity contribution in [2.24, 2.45) is 0 Å². The predicted octanol–water partition coefficient (Wildman–Crippen LogP) is 4.80. The quantitative estimate of drug-likeness (QED) is 0.264. The van der Waals surface area contributed by atoms with Crippen LogP contribution in [0.15, 0.2) is 122 Å². The number of piperazine rings is 1. The number of phenolic OH excluding ortho intramolecular Hbond substituents is 1. The first kappa shape index (κ1) is 30.6. The Morgan fingerprint density at radius 1 is 0.848 bits per heavy atom. The standard InChI is InChI=1S/C37H37N5O4/c1-2-20-40-26-35(44)41-33(22-27-16-18-32(43)19-17-27)36(45)39(24-29-12-9-15-31(21-29)30-13-7-4-8-14-30)25-34(41)42(40)37(46)38-23-28-10-5-3-6-11-28/h2-19,21,33-34,43H,1,20,22-26H2,(H,38,46)/t33-,34-/m0/s1. The molecule has 2 atom stereocenters. The summed E-state index contributed by atoms with van der Waals surface area (Å²) < 4.78 is 0. The molecule has 0 saturated carbocycles. The number of amides is 4. The Kier molecular flexibility index (Phi) is 9.12. The molecule has 4 aromatic carbocycles. The molecule has 0 bridgehead atoms. The molecule has 2 fully saturated rings. The van der Waals surface area contributed by atoms with Gasteiger partial charge in [-0.15, -0.1) is 6.58 Å².